The Morgan fingerprint density at radius 1 is 1.21 bits per heavy atom. The van der Waals surface area contributed by atoms with Crippen molar-refractivity contribution in [3.05, 3.63) is 22.5 Å². The minimum atomic E-state index is -1.47. The Kier molecular flexibility index (Phi) is 4.08. The summed E-state index contributed by atoms with van der Waals surface area (Å²) in [4.78, 5) is 23.3. The van der Waals surface area contributed by atoms with Gasteiger partial charge in [-0.2, -0.15) is 0 Å². The third-order valence-electron chi connectivity index (χ3n) is 4.19. The molecule has 0 aromatic rings. The summed E-state index contributed by atoms with van der Waals surface area (Å²) < 4.78 is 0. The predicted molar refractivity (Wildman–Crippen MR) is 69.8 cm³/mol. The minimum absolute atomic E-state index is 0.0884. The fourth-order valence-corrected chi connectivity index (χ4v) is 3.25. The number of allylic oxidation sites excluding steroid dienone is 1. The lowest BCUT2D eigenvalue weighted by Gasteiger charge is -2.41. The van der Waals surface area contributed by atoms with Gasteiger partial charge in [0, 0.05) is 0 Å². The summed E-state index contributed by atoms with van der Waals surface area (Å²) >= 11 is 0. The molecule has 0 bridgehead atoms. The second-order valence-corrected chi connectivity index (χ2v) is 4.89. The van der Waals surface area contributed by atoms with Crippen LogP contribution in [0.2, 0.25) is 0 Å². The molecule has 0 amide bonds. The molecule has 0 saturated heterocycles. The minimum Gasteiger partial charge on any atom is -0.508 e. The second kappa shape index (κ2) is 5.07. The molecule has 0 radical (unpaired) electrons. The van der Waals surface area contributed by atoms with E-state index in [1.54, 1.807) is 20.8 Å². The van der Waals surface area contributed by atoms with E-state index in [-0.39, 0.29) is 17.8 Å². The van der Waals surface area contributed by atoms with Crippen molar-refractivity contribution in [2.24, 2.45) is 11.3 Å². The third-order valence-corrected chi connectivity index (χ3v) is 4.19. The maximum absolute atomic E-state index is 11.8. The van der Waals surface area contributed by atoms with Gasteiger partial charge in [0.25, 0.3) is 0 Å². The molecule has 1 aliphatic carbocycles. The first-order valence-electron chi connectivity index (χ1n) is 6.32. The molecule has 0 fully saturated rings. The number of hydrogen-bond acceptors (Lipinski definition) is 3. The molecule has 0 aromatic carbocycles. The molecule has 2 unspecified atom stereocenters. The highest BCUT2D eigenvalue weighted by Gasteiger charge is 2.54. The van der Waals surface area contributed by atoms with Crippen LogP contribution in [0.15, 0.2) is 22.5 Å². The van der Waals surface area contributed by atoms with Gasteiger partial charge in [0.15, 0.2) is 0 Å². The van der Waals surface area contributed by atoms with Gasteiger partial charge in [-0.3, -0.25) is 9.59 Å². The molecule has 19 heavy (non-hydrogen) atoms. The Morgan fingerprint density at radius 3 is 2.05 bits per heavy atom. The number of carbonyl (C=O) groups is 2. The summed E-state index contributed by atoms with van der Waals surface area (Å²) in [5, 5.41) is 29.1. The highest BCUT2D eigenvalue weighted by molar-refractivity contribution is 5.90. The van der Waals surface area contributed by atoms with Crippen molar-refractivity contribution < 1.29 is 24.9 Å². The molecule has 106 valence electrons. The van der Waals surface area contributed by atoms with E-state index in [1.807, 2.05) is 0 Å². The Labute approximate surface area is 112 Å². The van der Waals surface area contributed by atoms with Gasteiger partial charge < -0.3 is 15.3 Å². The molecular weight excluding hydrogens is 248 g/mol. The van der Waals surface area contributed by atoms with Gasteiger partial charge in [-0.1, -0.05) is 13.8 Å². The molecule has 0 saturated carbocycles. The Balaban J connectivity index is 3.73. The molecule has 1 aliphatic rings. The van der Waals surface area contributed by atoms with E-state index in [4.69, 9.17) is 0 Å². The van der Waals surface area contributed by atoms with Crippen LogP contribution in [-0.2, 0) is 9.59 Å². The van der Waals surface area contributed by atoms with Crippen molar-refractivity contribution in [3.63, 3.8) is 0 Å². The quantitative estimate of drug-likeness (QED) is 0.728. The normalized spacial score (nSPS) is 27.7. The molecule has 0 aromatic heterocycles. The first kappa shape index (κ1) is 15.3. The molecular formula is C14H20O5. The van der Waals surface area contributed by atoms with E-state index in [9.17, 15) is 24.9 Å². The van der Waals surface area contributed by atoms with Crippen molar-refractivity contribution in [2.45, 2.75) is 40.5 Å². The number of carboxylic acid groups (broad SMARTS) is 2. The average Bonchev–Trinajstić information content (AvgIpc) is 2.34. The summed E-state index contributed by atoms with van der Waals surface area (Å²) in [6.45, 7) is 6.57. The van der Waals surface area contributed by atoms with Crippen molar-refractivity contribution in [1.29, 1.82) is 0 Å². The van der Waals surface area contributed by atoms with E-state index < -0.39 is 23.3 Å². The Hall–Kier alpha value is -1.78. The Bertz CT molecular complexity index is 486. The Morgan fingerprint density at radius 2 is 1.74 bits per heavy atom. The van der Waals surface area contributed by atoms with Crippen LogP contribution >= 0.6 is 0 Å². The van der Waals surface area contributed by atoms with Gasteiger partial charge in [-0.25, -0.2) is 0 Å². The van der Waals surface area contributed by atoms with Crippen molar-refractivity contribution in [1.82, 2.24) is 0 Å². The topological polar surface area (TPSA) is 94.8 Å². The number of aliphatic carboxylic acids is 2. The molecule has 0 spiro atoms. The lowest BCUT2D eigenvalue weighted by molar-refractivity contribution is -0.158. The van der Waals surface area contributed by atoms with Gasteiger partial charge >= 0.3 is 11.9 Å². The van der Waals surface area contributed by atoms with Crippen LogP contribution in [0.1, 0.15) is 40.5 Å². The van der Waals surface area contributed by atoms with Crippen LogP contribution < -0.4 is 0 Å². The van der Waals surface area contributed by atoms with Crippen molar-refractivity contribution >= 4 is 11.9 Å². The largest absolute Gasteiger partial charge is 0.508 e. The number of aliphatic hydroxyl groups is 1. The first-order valence-corrected chi connectivity index (χ1v) is 6.32. The van der Waals surface area contributed by atoms with E-state index in [1.165, 1.54) is 6.92 Å². The van der Waals surface area contributed by atoms with Gasteiger partial charge in [0.05, 0.1) is 0 Å². The summed E-state index contributed by atoms with van der Waals surface area (Å²) in [6.07, 6.45) is 0.567. The maximum atomic E-state index is 11.8. The summed E-state index contributed by atoms with van der Waals surface area (Å²) in [7, 11) is 0. The fourth-order valence-electron chi connectivity index (χ4n) is 3.25. The van der Waals surface area contributed by atoms with Crippen LogP contribution in [-0.4, -0.2) is 27.3 Å². The van der Waals surface area contributed by atoms with Crippen LogP contribution in [0.3, 0.4) is 0 Å². The van der Waals surface area contributed by atoms with Crippen molar-refractivity contribution in [2.75, 3.05) is 0 Å². The molecule has 2 atom stereocenters. The van der Waals surface area contributed by atoms with Crippen LogP contribution in [0.5, 0.6) is 0 Å². The summed E-state index contributed by atoms with van der Waals surface area (Å²) in [6, 6.07) is 0. The zero-order valence-corrected chi connectivity index (χ0v) is 11.6. The summed E-state index contributed by atoms with van der Waals surface area (Å²) in [5.74, 6) is -3.68. The maximum Gasteiger partial charge on any atom is 0.315 e. The summed E-state index contributed by atoms with van der Waals surface area (Å²) in [5.41, 5.74) is -0.271. The monoisotopic (exact) mass is 268 g/mol. The molecule has 5 nitrogen and oxygen atoms in total. The van der Waals surface area contributed by atoms with E-state index in [2.05, 4.69) is 0 Å². The van der Waals surface area contributed by atoms with Crippen LogP contribution in [0.4, 0.5) is 0 Å². The van der Waals surface area contributed by atoms with E-state index in [0.29, 0.717) is 17.6 Å². The van der Waals surface area contributed by atoms with Crippen LogP contribution in [0, 0.1) is 11.3 Å². The number of rotatable bonds is 4. The first-order chi connectivity index (χ1) is 8.75. The lowest BCUT2D eigenvalue weighted by Crippen LogP contribution is -2.47. The lowest BCUT2D eigenvalue weighted by atomic mass is 9.60. The standard InChI is InChI=1S/C14H20O5/c1-5-9-7(3)11(15)8(4)10(12(16)17)14(9,6-2)13(18)19/h10,15H,5-6H2,1-4H3,(H,16,17)(H,18,19). The fraction of sp³-hybridized carbons (Fsp3) is 0.571. The van der Waals surface area contributed by atoms with E-state index in [0.717, 1.165) is 0 Å². The molecule has 5 heteroatoms. The van der Waals surface area contributed by atoms with Crippen molar-refractivity contribution in [3.8, 4) is 0 Å². The van der Waals surface area contributed by atoms with Crippen LogP contribution in [0.25, 0.3) is 0 Å². The van der Waals surface area contributed by atoms with Gasteiger partial charge in [0.2, 0.25) is 0 Å². The van der Waals surface area contributed by atoms with Gasteiger partial charge in [-0.15, -0.1) is 0 Å². The average molecular weight is 268 g/mol. The zero-order valence-electron chi connectivity index (χ0n) is 11.6. The number of hydrogen-bond donors (Lipinski definition) is 3. The van der Waals surface area contributed by atoms with E-state index >= 15 is 0 Å². The predicted octanol–water partition coefficient (Wildman–Crippen LogP) is 2.74. The molecule has 0 aliphatic heterocycles. The van der Waals surface area contributed by atoms with Gasteiger partial charge in [0.1, 0.15) is 17.1 Å². The second-order valence-electron chi connectivity index (χ2n) is 4.89. The smallest absolute Gasteiger partial charge is 0.315 e. The highest BCUT2D eigenvalue weighted by atomic mass is 16.4. The highest BCUT2D eigenvalue weighted by Crippen LogP contribution is 2.50. The zero-order chi connectivity index (χ0) is 15.0. The number of aliphatic hydroxyl groups excluding tert-OH is 1. The number of carboxylic acids is 2. The third kappa shape index (κ3) is 1.93. The molecule has 3 N–H and O–H groups in total. The SMILES string of the molecule is CCC1=C(C)C(O)=C(C)C(C(=O)O)C1(CC)C(=O)O. The van der Waals surface area contributed by atoms with Gasteiger partial charge in [-0.05, 0) is 43.4 Å². The molecule has 0 heterocycles. The molecule has 1 rings (SSSR count).